The van der Waals surface area contributed by atoms with E-state index in [1.807, 2.05) is 20.8 Å². The number of nitrogens with zero attached hydrogens (tertiary/aromatic N) is 1. The highest BCUT2D eigenvalue weighted by Crippen LogP contribution is 2.36. The first-order chi connectivity index (χ1) is 17.3. The first-order valence-corrected chi connectivity index (χ1v) is 17.1. The van der Waals surface area contributed by atoms with Crippen LogP contribution in [0.1, 0.15) is 109 Å². The third kappa shape index (κ3) is 17.5. The minimum atomic E-state index is -1.82. The van der Waals surface area contributed by atoms with Crippen molar-refractivity contribution in [3.63, 3.8) is 0 Å². The zero-order chi connectivity index (χ0) is 30.9. The summed E-state index contributed by atoms with van der Waals surface area (Å²) in [5, 5.41) is 2.79. The lowest BCUT2D eigenvalue weighted by Gasteiger charge is -2.36. The van der Waals surface area contributed by atoms with Crippen LogP contribution < -0.4 is 5.32 Å². The molecule has 39 heavy (non-hydrogen) atoms. The van der Waals surface area contributed by atoms with E-state index in [9.17, 15) is 14.4 Å². The van der Waals surface area contributed by atoms with Crippen LogP contribution in [0.25, 0.3) is 0 Å². The van der Waals surface area contributed by atoms with Crippen LogP contribution in [0.15, 0.2) is 0 Å². The van der Waals surface area contributed by atoms with Crippen molar-refractivity contribution in [2.45, 2.75) is 150 Å². The van der Waals surface area contributed by atoms with Gasteiger partial charge in [-0.3, -0.25) is 0 Å². The number of carbonyl (C=O) groups excluding carboxylic acids is 3. The molecule has 9 nitrogen and oxygen atoms in total. The highest BCUT2D eigenvalue weighted by Gasteiger charge is 2.37. The van der Waals surface area contributed by atoms with Crippen molar-refractivity contribution in [1.29, 1.82) is 0 Å². The van der Waals surface area contributed by atoms with Gasteiger partial charge >= 0.3 is 18.2 Å². The van der Waals surface area contributed by atoms with E-state index < -0.39 is 49.3 Å². The average Bonchev–Trinajstić information content (AvgIpc) is 2.66. The van der Waals surface area contributed by atoms with Crippen LogP contribution in [0.5, 0.6) is 0 Å². The summed E-state index contributed by atoms with van der Waals surface area (Å²) < 4.78 is 22.8. The molecule has 0 rings (SSSR count). The van der Waals surface area contributed by atoms with Gasteiger partial charge in [-0.15, -0.1) is 0 Å². The van der Waals surface area contributed by atoms with Gasteiger partial charge < -0.3 is 28.9 Å². The van der Waals surface area contributed by atoms with E-state index in [0.717, 1.165) is 12.8 Å². The number of carbonyl (C=O) groups is 3. The Morgan fingerprint density at radius 1 is 0.718 bits per heavy atom. The lowest BCUT2D eigenvalue weighted by atomic mass is 10.1. The largest absolute Gasteiger partial charge is 0.458 e. The normalized spacial score (nSPS) is 13.9. The van der Waals surface area contributed by atoms with Crippen LogP contribution in [-0.2, 0) is 23.4 Å². The molecule has 0 fully saturated rings. The number of ether oxygens (including phenoxy) is 3. The number of nitrogens with one attached hydrogen (secondary N) is 1. The number of hydrogen-bond acceptors (Lipinski definition) is 7. The predicted molar refractivity (Wildman–Crippen MR) is 158 cm³/mol. The zero-order valence-electron chi connectivity index (χ0n) is 27.3. The Balaban J connectivity index is 5.28. The SMILES string of the molecule is CC(C)(C)OC(=O)N[C@@H](CCCN(CCCCO[Si](C)(C)C(C)(C)C)C(=O)OC(C)(C)C)C(=O)OC(C)(C)C. The number of unbranched alkanes of at least 4 members (excludes halogenated alkanes) is 1. The fraction of sp³-hybridized carbons (Fsp3) is 0.897. The van der Waals surface area contributed by atoms with Gasteiger partial charge in [0.2, 0.25) is 0 Å². The monoisotopic (exact) mass is 574 g/mol. The lowest BCUT2D eigenvalue weighted by Crippen LogP contribution is -2.46. The molecule has 230 valence electrons. The lowest BCUT2D eigenvalue weighted by molar-refractivity contribution is -0.157. The molecule has 0 aliphatic rings. The predicted octanol–water partition coefficient (Wildman–Crippen LogP) is 7.04. The summed E-state index contributed by atoms with van der Waals surface area (Å²) in [5.74, 6) is -0.542. The molecule has 0 aliphatic heterocycles. The van der Waals surface area contributed by atoms with Crippen molar-refractivity contribution in [3.8, 4) is 0 Å². The van der Waals surface area contributed by atoms with Crippen molar-refractivity contribution in [2.75, 3.05) is 19.7 Å². The van der Waals surface area contributed by atoms with E-state index in [0.29, 0.717) is 26.1 Å². The quantitative estimate of drug-likeness (QED) is 0.115. The second kappa shape index (κ2) is 14.7. The van der Waals surface area contributed by atoms with Gasteiger partial charge in [-0.1, -0.05) is 20.8 Å². The first kappa shape index (κ1) is 37.2. The third-order valence-electron chi connectivity index (χ3n) is 6.05. The highest BCUT2D eigenvalue weighted by atomic mass is 28.4. The number of rotatable bonds is 12. The van der Waals surface area contributed by atoms with Gasteiger partial charge in [0.1, 0.15) is 22.8 Å². The van der Waals surface area contributed by atoms with Crippen molar-refractivity contribution >= 4 is 26.5 Å². The van der Waals surface area contributed by atoms with E-state index in [2.05, 4.69) is 39.2 Å². The molecule has 0 heterocycles. The summed E-state index contributed by atoms with van der Waals surface area (Å²) in [6, 6.07) is -0.905. The molecule has 0 saturated heterocycles. The Morgan fingerprint density at radius 2 is 1.21 bits per heavy atom. The second-order valence-electron chi connectivity index (χ2n) is 14.7. The van der Waals surface area contributed by atoms with Crippen LogP contribution in [0.2, 0.25) is 18.1 Å². The van der Waals surface area contributed by atoms with Gasteiger partial charge in [-0.05, 0) is 106 Å². The van der Waals surface area contributed by atoms with Gasteiger partial charge in [0.25, 0.3) is 0 Å². The topological polar surface area (TPSA) is 103 Å². The van der Waals surface area contributed by atoms with Crippen molar-refractivity contribution < 1.29 is 33.0 Å². The zero-order valence-corrected chi connectivity index (χ0v) is 28.3. The number of esters is 1. The molecule has 0 aromatic heterocycles. The molecule has 0 bridgehead atoms. The summed E-state index contributed by atoms with van der Waals surface area (Å²) in [6.45, 7) is 28.7. The standard InChI is InChI=1S/C29H58N2O7Si/c1-26(2,3)36-23(32)22(30-24(33)37-27(4,5)6)18-17-20-31(25(34)38-28(7,8)9)19-15-16-21-35-39(13,14)29(10,11)12/h22H,15-21H2,1-14H3,(H,30,33)/t22-/m0/s1. The molecule has 0 aromatic rings. The van der Waals surface area contributed by atoms with E-state index in [1.54, 1.807) is 46.4 Å². The van der Waals surface area contributed by atoms with Crippen LogP contribution in [0.3, 0.4) is 0 Å². The van der Waals surface area contributed by atoms with E-state index in [1.165, 1.54) is 0 Å². The maximum atomic E-state index is 12.9. The Hall–Kier alpha value is -1.81. The molecule has 0 radical (unpaired) electrons. The van der Waals surface area contributed by atoms with E-state index in [4.69, 9.17) is 18.6 Å². The molecule has 0 spiro atoms. The Morgan fingerprint density at radius 3 is 1.67 bits per heavy atom. The Kier molecular flexibility index (Phi) is 14.0. The minimum Gasteiger partial charge on any atom is -0.458 e. The molecule has 2 amide bonds. The molecular weight excluding hydrogens is 516 g/mol. The van der Waals surface area contributed by atoms with Crippen molar-refractivity contribution in [2.24, 2.45) is 0 Å². The Labute approximate surface area is 239 Å². The molecule has 0 unspecified atom stereocenters. The second-order valence-corrected chi connectivity index (χ2v) is 19.5. The minimum absolute atomic E-state index is 0.146. The van der Waals surface area contributed by atoms with Crippen LogP contribution in [0, 0.1) is 0 Å². The van der Waals surface area contributed by atoms with Gasteiger partial charge in [0.05, 0.1) is 0 Å². The summed E-state index contributed by atoms with van der Waals surface area (Å²) in [7, 11) is -1.82. The number of amides is 2. The maximum Gasteiger partial charge on any atom is 0.410 e. The van der Waals surface area contributed by atoms with Crippen LogP contribution in [0.4, 0.5) is 9.59 Å². The van der Waals surface area contributed by atoms with Gasteiger partial charge in [0, 0.05) is 19.7 Å². The van der Waals surface area contributed by atoms with Gasteiger partial charge in [-0.25, -0.2) is 14.4 Å². The van der Waals surface area contributed by atoms with Crippen LogP contribution in [-0.4, -0.2) is 73.9 Å². The molecule has 1 N–H and O–H groups in total. The summed E-state index contributed by atoms with van der Waals surface area (Å²) in [4.78, 5) is 39.9. The maximum absolute atomic E-state index is 12.9. The van der Waals surface area contributed by atoms with Crippen LogP contribution >= 0.6 is 0 Å². The van der Waals surface area contributed by atoms with E-state index in [-0.39, 0.29) is 11.5 Å². The number of hydrogen-bond donors (Lipinski definition) is 1. The van der Waals surface area contributed by atoms with Gasteiger partial charge in [-0.2, -0.15) is 0 Å². The highest BCUT2D eigenvalue weighted by molar-refractivity contribution is 6.74. The molecular formula is C29H58N2O7Si. The van der Waals surface area contributed by atoms with Crippen molar-refractivity contribution in [1.82, 2.24) is 10.2 Å². The molecule has 0 aliphatic carbocycles. The Bertz CT molecular complexity index is 787. The fourth-order valence-electron chi connectivity index (χ4n) is 3.13. The number of alkyl carbamates (subject to hydrolysis) is 1. The van der Waals surface area contributed by atoms with Gasteiger partial charge in [0.15, 0.2) is 8.32 Å². The molecule has 0 aromatic carbocycles. The smallest absolute Gasteiger partial charge is 0.410 e. The molecule has 10 heteroatoms. The van der Waals surface area contributed by atoms with E-state index >= 15 is 0 Å². The average molecular weight is 575 g/mol. The summed E-state index contributed by atoms with van der Waals surface area (Å²) in [5.41, 5.74) is -2.04. The fourth-order valence-corrected chi connectivity index (χ4v) is 4.22. The summed E-state index contributed by atoms with van der Waals surface area (Å²) in [6.07, 6.45) is 1.23. The summed E-state index contributed by atoms with van der Waals surface area (Å²) >= 11 is 0. The van der Waals surface area contributed by atoms with Crippen molar-refractivity contribution in [3.05, 3.63) is 0 Å². The first-order valence-electron chi connectivity index (χ1n) is 14.2. The molecule has 1 atom stereocenters. The third-order valence-corrected chi connectivity index (χ3v) is 10.6. The molecule has 0 saturated carbocycles.